The number of hydrogen-bond donors (Lipinski definition) is 6. The third kappa shape index (κ3) is 11.1. The molecule has 0 aliphatic heterocycles. The molecule has 0 radical (unpaired) electrons. The summed E-state index contributed by atoms with van der Waals surface area (Å²) in [6.45, 7) is 3.71. The Labute approximate surface area is 176 Å². The standard InChI is InChI=1S/C18H35N5O5S/c1-11(2)15(23-14(24)10-20)17(26)21-12(7-9-29-3)16(25)22-13(18(27)28)6-4-5-8-19/h11-13,15H,4-10,19-20H2,1-3H3,(H,21,26)(H,22,25)(H,23,24)(H,27,28). The van der Waals surface area contributed by atoms with Crippen LogP contribution < -0.4 is 27.4 Å². The summed E-state index contributed by atoms with van der Waals surface area (Å²) >= 11 is 1.50. The molecule has 0 fully saturated rings. The molecule has 10 nitrogen and oxygen atoms in total. The van der Waals surface area contributed by atoms with Crippen molar-refractivity contribution in [3.63, 3.8) is 0 Å². The maximum atomic E-state index is 12.7. The SMILES string of the molecule is CSCCC(NC(=O)C(NC(=O)CN)C(C)C)C(=O)NC(CCCCN)C(=O)O. The Morgan fingerprint density at radius 1 is 0.931 bits per heavy atom. The van der Waals surface area contributed by atoms with Crippen molar-refractivity contribution in [3.8, 4) is 0 Å². The highest BCUT2D eigenvalue weighted by Gasteiger charge is 2.30. The van der Waals surface area contributed by atoms with Gasteiger partial charge in [-0.25, -0.2) is 4.79 Å². The topological polar surface area (TPSA) is 177 Å². The fourth-order valence-electron chi connectivity index (χ4n) is 2.56. The van der Waals surface area contributed by atoms with E-state index >= 15 is 0 Å². The number of amides is 3. The van der Waals surface area contributed by atoms with Crippen LogP contribution in [0.5, 0.6) is 0 Å². The first-order valence-electron chi connectivity index (χ1n) is 9.69. The second-order valence-electron chi connectivity index (χ2n) is 7.02. The van der Waals surface area contributed by atoms with Crippen molar-refractivity contribution in [2.45, 2.75) is 57.7 Å². The molecule has 0 aromatic heterocycles. The molecule has 0 saturated carbocycles. The van der Waals surface area contributed by atoms with Gasteiger partial charge in [-0.2, -0.15) is 11.8 Å². The average Bonchev–Trinajstić information content (AvgIpc) is 2.67. The lowest BCUT2D eigenvalue weighted by atomic mass is 10.0. The van der Waals surface area contributed by atoms with Crippen molar-refractivity contribution in [1.82, 2.24) is 16.0 Å². The van der Waals surface area contributed by atoms with E-state index in [2.05, 4.69) is 16.0 Å². The summed E-state index contributed by atoms with van der Waals surface area (Å²) < 4.78 is 0. The second-order valence-corrected chi connectivity index (χ2v) is 8.01. The summed E-state index contributed by atoms with van der Waals surface area (Å²) in [6.07, 6.45) is 3.66. The zero-order valence-electron chi connectivity index (χ0n) is 17.4. The van der Waals surface area contributed by atoms with Gasteiger partial charge in [-0.05, 0) is 50.2 Å². The molecule has 0 heterocycles. The second kappa shape index (κ2) is 15.1. The van der Waals surface area contributed by atoms with Crippen molar-refractivity contribution in [2.24, 2.45) is 17.4 Å². The van der Waals surface area contributed by atoms with Crippen LogP contribution in [0, 0.1) is 5.92 Å². The maximum Gasteiger partial charge on any atom is 0.326 e. The predicted molar refractivity (Wildman–Crippen MR) is 113 cm³/mol. The van der Waals surface area contributed by atoms with Crippen molar-refractivity contribution in [1.29, 1.82) is 0 Å². The van der Waals surface area contributed by atoms with E-state index < -0.39 is 41.8 Å². The van der Waals surface area contributed by atoms with Gasteiger partial charge < -0.3 is 32.5 Å². The minimum atomic E-state index is -1.14. The Morgan fingerprint density at radius 2 is 1.55 bits per heavy atom. The first-order valence-corrected chi connectivity index (χ1v) is 11.1. The van der Waals surface area contributed by atoms with Crippen molar-refractivity contribution < 1.29 is 24.3 Å². The quantitative estimate of drug-likeness (QED) is 0.179. The van der Waals surface area contributed by atoms with Crippen molar-refractivity contribution in [2.75, 3.05) is 25.1 Å². The van der Waals surface area contributed by atoms with E-state index in [1.807, 2.05) is 6.26 Å². The number of carbonyl (C=O) groups excluding carboxylic acids is 3. The van der Waals surface area contributed by atoms with Crippen LogP contribution in [0.3, 0.4) is 0 Å². The fourth-order valence-corrected chi connectivity index (χ4v) is 3.03. The van der Waals surface area contributed by atoms with Gasteiger partial charge in [0.25, 0.3) is 0 Å². The van der Waals surface area contributed by atoms with Crippen LogP contribution >= 0.6 is 11.8 Å². The van der Waals surface area contributed by atoms with Gasteiger partial charge in [0, 0.05) is 0 Å². The highest BCUT2D eigenvalue weighted by Crippen LogP contribution is 2.07. The van der Waals surface area contributed by atoms with Crippen LogP contribution in [0.4, 0.5) is 0 Å². The Hall–Kier alpha value is -1.85. The van der Waals surface area contributed by atoms with Crippen LogP contribution in [0.2, 0.25) is 0 Å². The predicted octanol–water partition coefficient (Wildman–Crippen LogP) is -0.978. The van der Waals surface area contributed by atoms with Crippen molar-refractivity contribution in [3.05, 3.63) is 0 Å². The monoisotopic (exact) mass is 433 g/mol. The minimum absolute atomic E-state index is 0.224. The largest absolute Gasteiger partial charge is 0.480 e. The molecule has 0 rings (SSSR count). The summed E-state index contributed by atoms with van der Waals surface area (Å²) in [4.78, 5) is 48.4. The Morgan fingerprint density at radius 3 is 2.03 bits per heavy atom. The van der Waals surface area contributed by atoms with E-state index in [1.54, 1.807) is 13.8 Å². The Balaban J connectivity index is 5.19. The van der Waals surface area contributed by atoms with Crippen LogP contribution in [0.1, 0.15) is 39.5 Å². The van der Waals surface area contributed by atoms with Crippen LogP contribution in [-0.4, -0.2) is 72.0 Å². The van der Waals surface area contributed by atoms with Crippen LogP contribution in [0.15, 0.2) is 0 Å². The molecule has 3 amide bonds. The van der Waals surface area contributed by atoms with Gasteiger partial charge in [0.15, 0.2) is 0 Å². The van der Waals surface area contributed by atoms with Crippen LogP contribution in [0.25, 0.3) is 0 Å². The molecule has 0 saturated heterocycles. The van der Waals surface area contributed by atoms with Gasteiger partial charge in [0.2, 0.25) is 17.7 Å². The number of nitrogens with two attached hydrogens (primary N) is 2. The first-order chi connectivity index (χ1) is 13.7. The van der Waals surface area contributed by atoms with Gasteiger partial charge in [-0.15, -0.1) is 0 Å². The van der Waals surface area contributed by atoms with Gasteiger partial charge >= 0.3 is 5.97 Å². The molecule has 8 N–H and O–H groups in total. The first kappa shape index (κ1) is 27.1. The summed E-state index contributed by atoms with van der Waals surface area (Å²) in [5, 5.41) is 17.0. The Kier molecular flexibility index (Phi) is 14.1. The third-order valence-corrected chi connectivity index (χ3v) is 4.90. The average molecular weight is 434 g/mol. The molecule has 0 bridgehead atoms. The fraction of sp³-hybridized carbons (Fsp3) is 0.778. The molecule has 3 atom stereocenters. The van der Waals surface area contributed by atoms with E-state index in [0.29, 0.717) is 31.6 Å². The van der Waals surface area contributed by atoms with E-state index in [1.165, 1.54) is 11.8 Å². The van der Waals surface area contributed by atoms with E-state index in [-0.39, 0.29) is 18.9 Å². The van der Waals surface area contributed by atoms with Gasteiger partial charge in [0.05, 0.1) is 6.54 Å². The summed E-state index contributed by atoms with van der Waals surface area (Å²) in [5.74, 6) is -2.34. The van der Waals surface area contributed by atoms with E-state index in [4.69, 9.17) is 11.5 Å². The number of carboxylic acid groups (broad SMARTS) is 1. The molecule has 0 aliphatic rings. The van der Waals surface area contributed by atoms with Crippen molar-refractivity contribution >= 4 is 35.5 Å². The number of thioether (sulfide) groups is 1. The number of carbonyl (C=O) groups is 4. The van der Waals surface area contributed by atoms with Crippen LogP contribution in [-0.2, 0) is 19.2 Å². The summed E-state index contributed by atoms with van der Waals surface area (Å²) in [5.41, 5.74) is 10.7. The lowest BCUT2D eigenvalue weighted by Gasteiger charge is -2.26. The molecule has 11 heteroatoms. The molecule has 0 aromatic rings. The number of rotatable bonds is 15. The highest BCUT2D eigenvalue weighted by atomic mass is 32.2. The molecule has 0 aliphatic carbocycles. The normalized spacial score (nSPS) is 14.0. The molecular weight excluding hydrogens is 398 g/mol. The maximum absolute atomic E-state index is 12.7. The number of carboxylic acids is 1. The van der Waals surface area contributed by atoms with Gasteiger partial charge in [0.1, 0.15) is 18.1 Å². The smallest absolute Gasteiger partial charge is 0.326 e. The highest BCUT2D eigenvalue weighted by molar-refractivity contribution is 7.98. The summed E-state index contributed by atoms with van der Waals surface area (Å²) in [7, 11) is 0. The number of unbranched alkanes of at least 4 members (excludes halogenated alkanes) is 1. The van der Waals surface area contributed by atoms with Gasteiger partial charge in [-0.1, -0.05) is 13.8 Å². The number of nitrogens with one attached hydrogen (secondary N) is 3. The zero-order chi connectivity index (χ0) is 22.4. The molecular formula is C18H35N5O5S. The number of aliphatic carboxylic acids is 1. The van der Waals surface area contributed by atoms with E-state index in [9.17, 15) is 24.3 Å². The number of hydrogen-bond acceptors (Lipinski definition) is 7. The lowest BCUT2D eigenvalue weighted by molar-refractivity contribution is -0.142. The molecule has 29 heavy (non-hydrogen) atoms. The Bertz CT molecular complexity index is 547. The molecule has 0 aromatic carbocycles. The summed E-state index contributed by atoms with van der Waals surface area (Å²) in [6, 6.07) is -2.82. The zero-order valence-corrected chi connectivity index (χ0v) is 18.2. The molecule has 0 spiro atoms. The van der Waals surface area contributed by atoms with E-state index in [0.717, 1.165) is 0 Å². The minimum Gasteiger partial charge on any atom is -0.480 e. The van der Waals surface area contributed by atoms with Gasteiger partial charge in [-0.3, -0.25) is 14.4 Å². The molecule has 168 valence electrons. The third-order valence-electron chi connectivity index (χ3n) is 4.26. The molecule has 3 unspecified atom stereocenters. The lowest BCUT2D eigenvalue weighted by Crippen LogP contribution is -2.57.